The van der Waals surface area contributed by atoms with Gasteiger partial charge in [0.1, 0.15) is 17.0 Å². The maximum Gasteiger partial charge on any atom is 0.332 e. The molecule has 0 saturated carbocycles. The Morgan fingerprint density at radius 3 is 2.44 bits per heavy atom. The fraction of sp³-hybridized carbons (Fsp3) is 0.300. The fourth-order valence-electron chi connectivity index (χ4n) is 2.96. The first-order valence-corrected chi connectivity index (χ1v) is 10.9. The van der Waals surface area contributed by atoms with Crippen LogP contribution in [0.1, 0.15) is 6.92 Å². The van der Waals surface area contributed by atoms with Crippen molar-refractivity contribution in [2.45, 2.75) is 11.9 Å². The van der Waals surface area contributed by atoms with Crippen LogP contribution in [-0.4, -0.2) is 54.8 Å². The van der Waals surface area contributed by atoms with Gasteiger partial charge in [-0.25, -0.2) is 14.8 Å². The third-order valence-corrected chi connectivity index (χ3v) is 5.65. The highest BCUT2D eigenvalue weighted by Crippen LogP contribution is 2.27. The van der Waals surface area contributed by atoms with Crippen molar-refractivity contribution in [2.24, 2.45) is 14.1 Å². The van der Waals surface area contributed by atoms with Crippen LogP contribution in [0, 0.1) is 10.1 Å². The van der Waals surface area contributed by atoms with Gasteiger partial charge in [-0.05, 0) is 19.1 Å². The summed E-state index contributed by atoms with van der Waals surface area (Å²) in [6.07, 6.45) is 0. The highest BCUT2D eigenvalue weighted by atomic mass is 32.2. The third-order valence-electron chi connectivity index (χ3n) is 4.68. The van der Waals surface area contributed by atoms with Crippen molar-refractivity contribution in [3.8, 4) is 11.4 Å². The molecule has 3 aromatic rings. The van der Waals surface area contributed by atoms with Crippen LogP contribution in [-0.2, 0) is 28.4 Å². The molecule has 0 bridgehead atoms. The number of nitrogens with zero attached hydrogens (tertiary/aromatic N) is 5. The Morgan fingerprint density at radius 2 is 1.82 bits per heavy atom. The Morgan fingerprint density at radius 1 is 1.15 bits per heavy atom. The summed E-state index contributed by atoms with van der Waals surface area (Å²) in [6, 6.07) is 5.45. The predicted molar refractivity (Wildman–Crippen MR) is 122 cm³/mol. The molecule has 0 saturated heterocycles. The zero-order valence-corrected chi connectivity index (χ0v) is 19.2. The summed E-state index contributed by atoms with van der Waals surface area (Å²) in [6.45, 7) is 1.53. The third kappa shape index (κ3) is 5.11. The Balaban J connectivity index is 2.03. The molecular weight excluding hydrogens is 468 g/mol. The highest BCUT2D eigenvalue weighted by Gasteiger charge is 2.19. The molecule has 2 aromatic heterocycles. The van der Waals surface area contributed by atoms with E-state index in [4.69, 9.17) is 4.74 Å². The summed E-state index contributed by atoms with van der Waals surface area (Å²) in [5.41, 5.74) is -0.907. The molecule has 0 spiro atoms. The number of ether oxygens (including phenoxy) is 1. The number of thioether (sulfide) groups is 1. The second kappa shape index (κ2) is 10.2. The fourth-order valence-corrected chi connectivity index (χ4v) is 3.81. The summed E-state index contributed by atoms with van der Waals surface area (Å²) in [4.78, 5) is 68.0. The number of esters is 1. The van der Waals surface area contributed by atoms with Crippen molar-refractivity contribution >= 4 is 40.4 Å². The van der Waals surface area contributed by atoms with E-state index >= 15 is 0 Å². The van der Waals surface area contributed by atoms with Crippen LogP contribution in [0.2, 0.25) is 0 Å². The topological polar surface area (TPSA) is 168 Å². The van der Waals surface area contributed by atoms with Gasteiger partial charge in [0, 0.05) is 31.8 Å². The van der Waals surface area contributed by atoms with E-state index in [1.54, 1.807) is 6.92 Å². The number of carbonyl (C=O) groups excluding carboxylic acids is 2. The average molecular weight is 488 g/mol. The monoisotopic (exact) mass is 488 g/mol. The van der Waals surface area contributed by atoms with Crippen molar-refractivity contribution in [3.05, 3.63) is 55.2 Å². The summed E-state index contributed by atoms with van der Waals surface area (Å²) in [5, 5.41) is 13.5. The minimum Gasteiger partial charge on any atom is -0.465 e. The second-order valence-electron chi connectivity index (χ2n) is 6.93. The first-order valence-electron chi connectivity index (χ1n) is 9.91. The van der Waals surface area contributed by atoms with Gasteiger partial charge in [0.25, 0.3) is 11.2 Å². The van der Waals surface area contributed by atoms with Gasteiger partial charge in [-0.3, -0.25) is 33.6 Å². The minimum absolute atomic E-state index is 0.0402. The van der Waals surface area contributed by atoms with Crippen LogP contribution in [0.25, 0.3) is 22.4 Å². The number of rotatable bonds is 8. The van der Waals surface area contributed by atoms with E-state index in [9.17, 15) is 29.3 Å². The average Bonchev–Trinajstić information content (AvgIpc) is 2.83. The van der Waals surface area contributed by atoms with E-state index in [0.29, 0.717) is 5.56 Å². The van der Waals surface area contributed by atoms with Gasteiger partial charge in [0.15, 0.2) is 11.5 Å². The number of aromatic nitrogens is 4. The Hall–Kier alpha value is -4.07. The summed E-state index contributed by atoms with van der Waals surface area (Å²) >= 11 is 0.925. The molecule has 0 aliphatic heterocycles. The van der Waals surface area contributed by atoms with Gasteiger partial charge in [0.2, 0.25) is 5.91 Å². The molecule has 2 heterocycles. The van der Waals surface area contributed by atoms with Gasteiger partial charge in [-0.15, -0.1) is 0 Å². The highest BCUT2D eigenvalue weighted by molar-refractivity contribution is 8.00. The number of carbonyl (C=O) groups is 2. The minimum atomic E-state index is -0.636. The van der Waals surface area contributed by atoms with E-state index in [1.165, 1.54) is 42.9 Å². The van der Waals surface area contributed by atoms with Crippen molar-refractivity contribution in [1.29, 1.82) is 0 Å². The number of amides is 1. The normalized spacial score (nSPS) is 10.8. The van der Waals surface area contributed by atoms with E-state index in [1.807, 2.05) is 0 Å². The van der Waals surface area contributed by atoms with Crippen molar-refractivity contribution in [1.82, 2.24) is 24.4 Å². The number of nitro benzene ring substituents is 1. The van der Waals surface area contributed by atoms with Crippen molar-refractivity contribution in [2.75, 3.05) is 18.9 Å². The molecule has 3 rings (SSSR count). The van der Waals surface area contributed by atoms with Gasteiger partial charge < -0.3 is 10.1 Å². The number of nitro groups is 1. The second-order valence-corrected chi connectivity index (χ2v) is 7.90. The standard InChI is InChI=1S/C20H20N6O7S/c1-4-33-14(28)9-21-13(27)10-34-18-15-17(24(2)20(30)25(3)19(15)29)22-16(23-18)11-5-7-12(8-6-11)26(31)32/h5-8H,4,9-10H2,1-3H3,(H,21,27). The van der Waals surface area contributed by atoms with Gasteiger partial charge >= 0.3 is 11.7 Å². The lowest BCUT2D eigenvalue weighted by Crippen LogP contribution is -2.37. The van der Waals surface area contributed by atoms with Gasteiger partial charge in [-0.2, -0.15) is 0 Å². The van der Waals surface area contributed by atoms with Crippen LogP contribution in [0.4, 0.5) is 5.69 Å². The molecule has 1 aromatic carbocycles. The van der Waals surface area contributed by atoms with Crippen LogP contribution in [0.15, 0.2) is 38.9 Å². The number of hydrogen-bond donors (Lipinski definition) is 1. The molecule has 0 aliphatic carbocycles. The SMILES string of the molecule is CCOC(=O)CNC(=O)CSc1nc(-c2ccc([N+](=O)[O-])cc2)nc2c1c(=O)n(C)c(=O)n2C. The lowest BCUT2D eigenvalue weighted by Gasteiger charge is -2.12. The quantitative estimate of drug-likeness (QED) is 0.154. The lowest BCUT2D eigenvalue weighted by molar-refractivity contribution is -0.384. The molecule has 0 fully saturated rings. The molecule has 0 atom stereocenters. The first-order chi connectivity index (χ1) is 16.1. The molecule has 34 heavy (non-hydrogen) atoms. The molecular formula is C20H20N6O7S. The number of hydrogen-bond acceptors (Lipinski definition) is 10. The molecule has 0 radical (unpaired) electrons. The first kappa shape index (κ1) is 24.6. The predicted octanol–water partition coefficient (Wildman–Crippen LogP) is 0.374. The smallest absolute Gasteiger partial charge is 0.332 e. The molecule has 0 unspecified atom stereocenters. The number of benzene rings is 1. The number of non-ortho nitro benzene ring substituents is 1. The Bertz CT molecular complexity index is 1400. The molecule has 1 amide bonds. The van der Waals surface area contributed by atoms with Crippen molar-refractivity contribution in [3.63, 3.8) is 0 Å². The summed E-state index contributed by atoms with van der Waals surface area (Å²) in [7, 11) is 2.76. The van der Waals surface area contributed by atoms with Crippen LogP contribution >= 0.6 is 11.8 Å². The number of fused-ring (bicyclic) bond motifs is 1. The zero-order chi connectivity index (χ0) is 25.0. The van der Waals surface area contributed by atoms with Gasteiger partial charge in [-0.1, -0.05) is 11.8 Å². The number of nitrogens with one attached hydrogen (secondary N) is 1. The molecule has 13 nitrogen and oxygen atoms in total. The maximum atomic E-state index is 12.8. The lowest BCUT2D eigenvalue weighted by atomic mass is 10.2. The number of aryl methyl sites for hydroxylation is 1. The Labute approximate surface area is 195 Å². The van der Waals surface area contributed by atoms with Crippen molar-refractivity contribution < 1.29 is 19.2 Å². The summed E-state index contributed by atoms with van der Waals surface area (Å²) < 4.78 is 6.84. The largest absolute Gasteiger partial charge is 0.465 e. The van der Waals surface area contributed by atoms with Crippen LogP contribution < -0.4 is 16.6 Å². The van der Waals surface area contributed by atoms with E-state index in [0.717, 1.165) is 16.3 Å². The van der Waals surface area contributed by atoms with Gasteiger partial charge in [0.05, 0.1) is 17.3 Å². The van der Waals surface area contributed by atoms with E-state index in [2.05, 4.69) is 15.3 Å². The molecule has 0 aliphatic rings. The van der Waals surface area contributed by atoms with E-state index in [-0.39, 0.29) is 46.5 Å². The summed E-state index contributed by atoms with van der Waals surface area (Å²) in [5.74, 6) is -1.15. The maximum absolute atomic E-state index is 12.8. The molecule has 178 valence electrons. The zero-order valence-electron chi connectivity index (χ0n) is 18.4. The van der Waals surface area contributed by atoms with Crippen LogP contribution in [0.3, 0.4) is 0 Å². The molecule has 1 N–H and O–H groups in total. The van der Waals surface area contributed by atoms with E-state index < -0.39 is 28.0 Å². The molecule has 14 heteroatoms. The van der Waals surface area contributed by atoms with Crippen LogP contribution in [0.5, 0.6) is 0 Å². The Kier molecular flexibility index (Phi) is 7.40.